The van der Waals surface area contributed by atoms with Crippen molar-refractivity contribution >= 4 is 15.9 Å². The Kier molecular flexibility index (Phi) is 5.21. The van der Waals surface area contributed by atoms with Crippen molar-refractivity contribution in [3.05, 3.63) is 78.3 Å². The fourth-order valence-electron chi connectivity index (χ4n) is 3.25. The van der Waals surface area contributed by atoms with Crippen LogP contribution in [0.15, 0.2) is 76.0 Å². The average molecular weight is 414 g/mol. The number of piperazine rings is 1. The number of rotatable bonds is 4. The number of furan rings is 1. The Morgan fingerprint density at radius 3 is 2.17 bits per heavy atom. The minimum absolute atomic E-state index is 0.170. The molecule has 6 nitrogen and oxygen atoms in total. The van der Waals surface area contributed by atoms with Crippen molar-refractivity contribution in [3.8, 4) is 11.3 Å². The summed E-state index contributed by atoms with van der Waals surface area (Å²) in [5.41, 5.74) is 0.671. The number of carbonyl (C=O) groups is 1. The van der Waals surface area contributed by atoms with Crippen LogP contribution in [0.2, 0.25) is 0 Å². The lowest BCUT2D eigenvalue weighted by molar-refractivity contribution is 0.0667. The SMILES string of the molecule is O=C(c1ccc(-c2ccc(F)cc2)o1)N1CCN(S(=O)(=O)c2ccccc2)CC1. The number of carbonyl (C=O) groups excluding carboxylic acids is 1. The van der Waals surface area contributed by atoms with E-state index in [0.717, 1.165) is 0 Å². The number of hydrogen-bond donors (Lipinski definition) is 0. The molecule has 0 aliphatic carbocycles. The van der Waals surface area contributed by atoms with Gasteiger partial charge >= 0.3 is 0 Å². The van der Waals surface area contributed by atoms with Crippen LogP contribution in [0, 0.1) is 5.82 Å². The predicted octanol–water partition coefficient (Wildman–Crippen LogP) is 3.23. The highest BCUT2D eigenvalue weighted by atomic mass is 32.2. The number of sulfonamides is 1. The van der Waals surface area contributed by atoms with Gasteiger partial charge in [0.25, 0.3) is 5.91 Å². The lowest BCUT2D eigenvalue weighted by atomic mass is 10.2. The van der Waals surface area contributed by atoms with Gasteiger partial charge in [0.1, 0.15) is 11.6 Å². The first-order valence-electron chi connectivity index (χ1n) is 9.15. The third kappa shape index (κ3) is 3.94. The quantitative estimate of drug-likeness (QED) is 0.657. The van der Waals surface area contributed by atoms with Crippen LogP contribution in [0.5, 0.6) is 0 Å². The van der Waals surface area contributed by atoms with E-state index < -0.39 is 10.0 Å². The van der Waals surface area contributed by atoms with E-state index in [9.17, 15) is 17.6 Å². The molecule has 0 N–H and O–H groups in total. The summed E-state index contributed by atoms with van der Waals surface area (Å²) in [4.78, 5) is 14.5. The number of hydrogen-bond acceptors (Lipinski definition) is 4. The van der Waals surface area contributed by atoms with E-state index in [-0.39, 0.29) is 48.6 Å². The third-order valence-electron chi connectivity index (χ3n) is 4.85. The van der Waals surface area contributed by atoms with Crippen LogP contribution in [0.3, 0.4) is 0 Å². The van der Waals surface area contributed by atoms with Gasteiger partial charge in [-0.1, -0.05) is 18.2 Å². The Labute approximate surface area is 168 Å². The molecular weight excluding hydrogens is 395 g/mol. The van der Waals surface area contributed by atoms with Gasteiger partial charge in [0.2, 0.25) is 10.0 Å². The Morgan fingerprint density at radius 1 is 0.862 bits per heavy atom. The van der Waals surface area contributed by atoms with Crippen molar-refractivity contribution < 1.29 is 22.0 Å². The Balaban J connectivity index is 1.43. The molecule has 1 aliphatic heterocycles. The summed E-state index contributed by atoms with van der Waals surface area (Å²) in [6.07, 6.45) is 0. The highest BCUT2D eigenvalue weighted by molar-refractivity contribution is 7.89. The Morgan fingerprint density at radius 2 is 1.52 bits per heavy atom. The number of amides is 1. The van der Waals surface area contributed by atoms with Crippen molar-refractivity contribution in [2.45, 2.75) is 4.90 Å². The first kappa shape index (κ1) is 19.4. The van der Waals surface area contributed by atoms with Gasteiger partial charge in [-0.25, -0.2) is 12.8 Å². The summed E-state index contributed by atoms with van der Waals surface area (Å²) in [5.74, 6) is -0.00242. The molecule has 1 aromatic heterocycles. The molecule has 0 unspecified atom stereocenters. The number of nitrogens with zero attached hydrogens (tertiary/aromatic N) is 2. The maximum atomic E-state index is 13.1. The highest BCUT2D eigenvalue weighted by Crippen LogP contribution is 2.24. The summed E-state index contributed by atoms with van der Waals surface area (Å²) in [7, 11) is -3.57. The van der Waals surface area contributed by atoms with Crippen LogP contribution < -0.4 is 0 Å². The van der Waals surface area contributed by atoms with E-state index in [1.807, 2.05) is 0 Å². The topological polar surface area (TPSA) is 70.8 Å². The zero-order valence-corrected chi connectivity index (χ0v) is 16.3. The monoisotopic (exact) mass is 414 g/mol. The van der Waals surface area contributed by atoms with Crippen LogP contribution in [-0.2, 0) is 10.0 Å². The fraction of sp³-hybridized carbons (Fsp3) is 0.190. The van der Waals surface area contributed by atoms with E-state index in [0.29, 0.717) is 11.3 Å². The smallest absolute Gasteiger partial charge is 0.289 e. The number of benzene rings is 2. The van der Waals surface area contributed by atoms with Crippen LogP contribution in [-0.4, -0.2) is 49.7 Å². The minimum atomic E-state index is -3.57. The fourth-order valence-corrected chi connectivity index (χ4v) is 4.69. The lowest BCUT2D eigenvalue weighted by Crippen LogP contribution is -2.50. The van der Waals surface area contributed by atoms with Gasteiger partial charge in [-0.3, -0.25) is 4.79 Å². The lowest BCUT2D eigenvalue weighted by Gasteiger charge is -2.33. The van der Waals surface area contributed by atoms with Crippen LogP contribution >= 0.6 is 0 Å². The second-order valence-electron chi connectivity index (χ2n) is 6.68. The molecule has 8 heteroatoms. The van der Waals surface area contributed by atoms with Crippen molar-refractivity contribution in [2.24, 2.45) is 0 Å². The summed E-state index contributed by atoms with van der Waals surface area (Å²) < 4.78 is 45.5. The molecule has 150 valence electrons. The zero-order valence-electron chi connectivity index (χ0n) is 15.5. The summed E-state index contributed by atoms with van der Waals surface area (Å²) in [6.45, 7) is 0.984. The van der Waals surface area contributed by atoms with Gasteiger partial charge in [-0.2, -0.15) is 4.31 Å². The molecule has 0 saturated carbocycles. The average Bonchev–Trinajstić information content (AvgIpc) is 3.25. The Bertz CT molecular complexity index is 1100. The van der Waals surface area contributed by atoms with Crippen molar-refractivity contribution in [1.82, 2.24) is 9.21 Å². The highest BCUT2D eigenvalue weighted by Gasteiger charge is 2.31. The molecule has 1 amide bonds. The largest absolute Gasteiger partial charge is 0.451 e. The van der Waals surface area contributed by atoms with E-state index in [4.69, 9.17) is 4.42 Å². The van der Waals surface area contributed by atoms with Gasteiger partial charge in [-0.15, -0.1) is 0 Å². The maximum absolute atomic E-state index is 13.1. The molecule has 4 rings (SSSR count). The summed E-state index contributed by atoms with van der Waals surface area (Å²) >= 11 is 0. The molecule has 2 aromatic carbocycles. The van der Waals surface area contributed by atoms with E-state index >= 15 is 0 Å². The van der Waals surface area contributed by atoms with E-state index in [2.05, 4.69) is 0 Å². The van der Waals surface area contributed by atoms with E-state index in [1.54, 1.807) is 59.5 Å². The normalized spacial score (nSPS) is 15.4. The summed E-state index contributed by atoms with van der Waals surface area (Å²) in [5, 5.41) is 0. The van der Waals surface area contributed by atoms with Gasteiger partial charge in [0.15, 0.2) is 5.76 Å². The maximum Gasteiger partial charge on any atom is 0.289 e. The molecule has 0 atom stereocenters. The van der Waals surface area contributed by atoms with E-state index in [1.165, 1.54) is 16.4 Å². The van der Waals surface area contributed by atoms with Crippen LogP contribution in [0.4, 0.5) is 4.39 Å². The molecule has 2 heterocycles. The van der Waals surface area contributed by atoms with Crippen LogP contribution in [0.25, 0.3) is 11.3 Å². The second kappa shape index (κ2) is 7.81. The zero-order chi connectivity index (χ0) is 20.4. The number of halogens is 1. The molecule has 0 radical (unpaired) electrons. The van der Waals surface area contributed by atoms with Crippen molar-refractivity contribution in [2.75, 3.05) is 26.2 Å². The standard InChI is InChI=1S/C21H19FN2O4S/c22-17-8-6-16(7-9-17)19-10-11-20(28-19)21(25)23-12-14-24(15-13-23)29(26,27)18-4-2-1-3-5-18/h1-11H,12-15H2. The molecule has 1 fully saturated rings. The first-order chi connectivity index (χ1) is 13.9. The predicted molar refractivity (Wildman–Crippen MR) is 105 cm³/mol. The molecule has 0 spiro atoms. The third-order valence-corrected chi connectivity index (χ3v) is 6.77. The van der Waals surface area contributed by atoms with Crippen LogP contribution in [0.1, 0.15) is 10.6 Å². The molecule has 29 heavy (non-hydrogen) atoms. The molecular formula is C21H19FN2O4S. The minimum Gasteiger partial charge on any atom is -0.451 e. The first-order valence-corrected chi connectivity index (χ1v) is 10.6. The molecule has 0 bridgehead atoms. The van der Waals surface area contributed by atoms with Gasteiger partial charge < -0.3 is 9.32 Å². The van der Waals surface area contributed by atoms with Gasteiger partial charge in [0, 0.05) is 31.7 Å². The van der Waals surface area contributed by atoms with Gasteiger partial charge in [-0.05, 0) is 48.5 Å². The molecule has 1 aliphatic rings. The second-order valence-corrected chi connectivity index (χ2v) is 8.62. The Hall–Kier alpha value is -2.97. The summed E-state index contributed by atoms with van der Waals surface area (Å²) in [6, 6.07) is 17.3. The van der Waals surface area contributed by atoms with Crippen molar-refractivity contribution in [3.63, 3.8) is 0 Å². The molecule has 1 saturated heterocycles. The molecule has 3 aromatic rings. The van der Waals surface area contributed by atoms with Crippen molar-refractivity contribution in [1.29, 1.82) is 0 Å². The van der Waals surface area contributed by atoms with Gasteiger partial charge in [0.05, 0.1) is 4.90 Å².